The summed E-state index contributed by atoms with van der Waals surface area (Å²) in [5.41, 5.74) is 5.49. The van der Waals surface area contributed by atoms with E-state index in [0.29, 0.717) is 62.0 Å². The first-order valence-electron chi connectivity index (χ1n) is 19.4. The highest BCUT2D eigenvalue weighted by Crippen LogP contribution is 2.47. The van der Waals surface area contributed by atoms with Crippen LogP contribution in [0.15, 0.2) is 18.2 Å². The minimum Gasteiger partial charge on any atom is -0.461 e. The van der Waals surface area contributed by atoms with Gasteiger partial charge in [0, 0.05) is 66.8 Å². The fourth-order valence-corrected chi connectivity index (χ4v) is 10.8. The first kappa shape index (κ1) is 37.8. The number of anilines is 2. The zero-order valence-electron chi connectivity index (χ0n) is 31.9. The first-order chi connectivity index (χ1) is 27.3. The van der Waals surface area contributed by atoms with Crippen LogP contribution in [0, 0.1) is 35.3 Å². The van der Waals surface area contributed by atoms with Crippen LogP contribution in [0.25, 0.3) is 32.1 Å². The number of hydrogen-bond donors (Lipinski definition) is 1. The van der Waals surface area contributed by atoms with Crippen molar-refractivity contribution in [3.05, 3.63) is 52.1 Å². The number of aryl methyl sites for hydroxylation is 1. The molecule has 0 bridgehead atoms. The zero-order valence-corrected chi connectivity index (χ0v) is 33.5. The summed E-state index contributed by atoms with van der Waals surface area (Å²) in [6.45, 7) is 9.13. The lowest BCUT2D eigenvalue weighted by atomic mass is 9.76. The van der Waals surface area contributed by atoms with Gasteiger partial charge in [0.05, 0.1) is 20.8 Å². The van der Waals surface area contributed by atoms with Crippen LogP contribution in [0.2, 0.25) is 5.02 Å². The van der Waals surface area contributed by atoms with Crippen LogP contribution in [0.4, 0.5) is 28.8 Å². The SMILES string of the molecule is Cc1nc(C(C)C)nn1C(=O)N1CC2(CCCCN(c3nc(OC[C@@]45CCCN4C[C@H](F)C5)nc4c(F)c(-c5ccc(F)c6sc(N)c(C#N)c56)c(Cl)cc34)C2)C1. The molecule has 298 valence electrons. The van der Waals surface area contributed by atoms with Crippen LogP contribution >= 0.6 is 22.9 Å². The Balaban J connectivity index is 1.12. The van der Waals surface area contributed by atoms with Gasteiger partial charge < -0.3 is 20.3 Å². The van der Waals surface area contributed by atoms with E-state index in [1.807, 2.05) is 19.9 Å². The Hall–Kier alpha value is -4.72. The number of aromatic nitrogens is 5. The average molecular weight is 819 g/mol. The molecule has 4 fully saturated rings. The Bertz CT molecular complexity index is 2500. The predicted molar refractivity (Wildman–Crippen MR) is 213 cm³/mol. The van der Waals surface area contributed by atoms with Gasteiger partial charge in [-0.2, -0.15) is 19.9 Å². The second-order valence-electron chi connectivity index (χ2n) is 16.5. The van der Waals surface area contributed by atoms with Crippen LogP contribution in [-0.2, 0) is 0 Å². The molecule has 2 aromatic carbocycles. The second-order valence-corrected chi connectivity index (χ2v) is 17.9. The van der Waals surface area contributed by atoms with Gasteiger partial charge in [-0.05, 0) is 56.8 Å². The number of alkyl halides is 1. The smallest absolute Gasteiger partial charge is 0.346 e. The van der Waals surface area contributed by atoms with Gasteiger partial charge in [0.1, 0.15) is 46.8 Å². The van der Waals surface area contributed by atoms with Crippen molar-refractivity contribution in [2.75, 3.05) is 56.5 Å². The number of nitrogens with two attached hydrogens (primary N) is 1. The Morgan fingerprint density at radius 2 is 1.95 bits per heavy atom. The number of nitrogens with zero attached hydrogens (tertiary/aromatic N) is 9. The number of nitriles is 1. The number of nitrogen functional groups attached to an aromatic ring is 1. The van der Waals surface area contributed by atoms with E-state index >= 15 is 8.78 Å². The summed E-state index contributed by atoms with van der Waals surface area (Å²) in [5, 5.41) is 15.1. The standard InChI is InChI=1S/C40H42ClF3N10O2S/c1-21(2)35-47-22(3)54(50-35)38(55)52-18-39(19-52)9-4-5-11-51(17-39)36-25-13-27(41)30(24-7-8-28(43)33-29(24)26(15-45)34(46)57-33)31(44)32(25)48-37(49-36)56-20-40-10-6-12-53(40)16-23(42)14-40/h7-8,13,21,23H,4-6,9-12,14,16-20,46H2,1-3H3/t23-,40+/m1/s1. The number of carbonyl (C=O) groups is 1. The Kier molecular flexibility index (Phi) is 9.28. The molecule has 4 aliphatic heterocycles. The van der Waals surface area contributed by atoms with Crippen molar-refractivity contribution in [1.29, 1.82) is 5.26 Å². The predicted octanol–water partition coefficient (Wildman–Crippen LogP) is 7.84. The maximum Gasteiger partial charge on any atom is 0.346 e. The van der Waals surface area contributed by atoms with E-state index in [0.717, 1.165) is 50.0 Å². The zero-order chi connectivity index (χ0) is 40.0. The molecule has 12 nitrogen and oxygen atoms in total. The molecule has 0 unspecified atom stereocenters. The summed E-state index contributed by atoms with van der Waals surface area (Å²) >= 11 is 7.90. The number of fused-ring (bicyclic) bond motifs is 3. The molecule has 1 spiro atoms. The number of rotatable bonds is 6. The van der Waals surface area contributed by atoms with Crippen molar-refractivity contribution in [2.24, 2.45) is 5.41 Å². The van der Waals surface area contributed by atoms with Gasteiger partial charge in [0.15, 0.2) is 11.6 Å². The summed E-state index contributed by atoms with van der Waals surface area (Å²) in [5.74, 6) is 0.295. The van der Waals surface area contributed by atoms with Gasteiger partial charge >= 0.3 is 12.0 Å². The van der Waals surface area contributed by atoms with E-state index in [-0.39, 0.29) is 72.3 Å². The third-order valence-corrected chi connectivity index (χ3v) is 13.6. The normalized spacial score (nSPS) is 22.1. The van der Waals surface area contributed by atoms with Crippen molar-refractivity contribution >= 4 is 60.8 Å². The lowest BCUT2D eigenvalue weighted by Crippen LogP contribution is -2.63. The lowest BCUT2D eigenvalue weighted by Gasteiger charge is -2.51. The first-order valence-corrected chi connectivity index (χ1v) is 20.6. The highest BCUT2D eigenvalue weighted by molar-refractivity contribution is 7.23. The minimum absolute atomic E-state index is 0.0226. The monoisotopic (exact) mass is 818 g/mol. The molecule has 1 amide bonds. The maximum absolute atomic E-state index is 17.3. The molecular formula is C40H42ClF3N10O2S. The number of carbonyl (C=O) groups excluding carboxylic acids is 1. The molecule has 57 heavy (non-hydrogen) atoms. The summed E-state index contributed by atoms with van der Waals surface area (Å²) < 4.78 is 55.0. The Morgan fingerprint density at radius 3 is 2.70 bits per heavy atom. The van der Waals surface area contributed by atoms with Crippen molar-refractivity contribution in [2.45, 2.75) is 76.9 Å². The Labute approximate surface area is 336 Å². The van der Waals surface area contributed by atoms with Crippen LogP contribution in [0.1, 0.15) is 75.5 Å². The summed E-state index contributed by atoms with van der Waals surface area (Å²) in [4.78, 5) is 33.7. The van der Waals surface area contributed by atoms with Crippen molar-refractivity contribution < 1.29 is 22.7 Å². The summed E-state index contributed by atoms with van der Waals surface area (Å²) in [6, 6.07) is 5.99. The maximum atomic E-state index is 17.3. The van der Waals surface area contributed by atoms with Crippen LogP contribution in [0.3, 0.4) is 0 Å². The largest absolute Gasteiger partial charge is 0.461 e. The number of halogens is 4. The van der Waals surface area contributed by atoms with Crippen LogP contribution < -0.4 is 15.4 Å². The summed E-state index contributed by atoms with van der Waals surface area (Å²) in [7, 11) is 0. The number of hydrogen-bond acceptors (Lipinski definition) is 11. The lowest BCUT2D eigenvalue weighted by molar-refractivity contribution is 0.0313. The van der Waals surface area contributed by atoms with Gasteiger partial charge in [0.25, 0.3) is 0 Å². The van der Waals surface area contributed by atoms with Gasteiger partial charge in [-0.15, -0.1) is 16.4 Å². The van der Waals surface area contributed by atoms with E-state index in [1.165, 1.54) is 16.8 Å². The Morgan fingerprint density at radius 1 is 1.14 bits per heavy atom. The second kappa shape index (κ2) is 14.0. The third kappa shape index (κ3) is 6.24. The molecule has 7 heterocycles. The molecule has 3 aromatic heterocycles. The quantitative estimate of drug-likeness (QED) is 0.180. The minimum atomic E-state index is -0.964. The van der Waals surface area contributed by atoms with Crippen LogP contribution in [0.5, 0.6) is 6.01 Å². The average Bonchev–Trinajstić information content (AvgIpc) is 3.87. The van der Waals surface area contributed by atoms with Crippen molar-refractivity contribution in [3.8, 4) is 23.2 Å². The van der Waals surface area contributed by atoms with E-state index < -0.39 is 23.3 Å². The molecular weight excluding hydrogens is 777 g/mol. The number of amides is 1. The number of benzene rings is 2. The molecule has 0 aliphatic carbocycles. The highest BCUT2D eigenvalue weighted by Gasteiger charge is 2.50. The number of likely N-dealkylation sites (tertiary alicyclic amines) is 1. The van der Waals surface area contributed by atoms with E-state index in [4.69, 9.17) is 27.1 Å². The topological polar surface area (TPSA) is 142 Å². The van der Waals surface area contributed by atoms with Gasteiger partial charge in [0.2, 0.25) is 0 Å². The molecule has 0 saturated carbocycles. The van der Waals surface area contributed by atoms with E-state index in [2.05, 4.69) is 24.9 Å². The van der Waals surface area contributed by atoms with Gasteiger partial charge in [-0.3, -0.25) is 4.90 Å². The third-order valence-electron chi connectivity index (χ3n) is 12.3. The molecule has 0 radical (unpaired) electrons. The van der Waals surface area contributed by atoms with E-state index in [1.54, 1.807) is 17.9 Å². The number of thiophene rings is 1. The van der Waals surface area contributed by atoms with Gasteiger partial charge in [-0.1, -0.05) is 37.9 Å². The molecule has 2 atom stereocenters. The molecule has 2 N–H and O–H groups in total. The summed E-state index contributed by atoms with van der Waals surface area (Å²) in [6.07, 6.45) is 3.68. The van der Waals surface area contributed by atoms with Crippen molar-refractivity contribution in [3.63, 3.8) is 0 Å². The fraction of sp³-hybridized carbons (Fsp3) is 0.500. The molecule has 9 rings (SSSR count). The van der Waals surface area contributed by atoms with Crippen molar-refractivity contribution in [1.82, 2.24) is 34.5 Å². The molecule has 17 heteroatoms. The molecule has 4 saturated heterocycles. The number of ether oxygens (including phenoxy) is 1. The van der Waals surface area contributed by atoms with E-state index in [9.17, 15) is 14.4 Å². The van der Waals surface area contributed by atoms with Crippen LogP contribution in [-0.4, -0.2) is 98.1 Å². The van der Waals surface area contributed by atoms with Gasteiger partial charge in [-0.25, -0.2) is 22.9 Å². The molecule has 4 aliphatic rings. The highest BCUT2D eigenvalue weighted by atomic mass is 35.5. The molecule has 5 aromatic rings. The fourth-order valence-electron chi connectivity index (χ4n) is 9.54.